The third kappa shape index (κ3) is 5.51. The molecule has 1 N–H and O–H groups in total. The zero-order valence-corrected chi connectivity index (χ0v) is 16.4. The maximum Gasteiger partial charge on any atom is 0.261 e. The molecule has 1 atom stereocenters. The van der Waals surface area contributed by atoms with Gasteiger partial charge in [0.15, 0.2) is 6.10 Å². The van der Waals surface area contributed by atoms with Crippen molar-refractivity contribution in [2.75, 3.05) is 13.2 Å². The van der Waals surface area contributed by atoms with Gasteiger partial charge in [-0.25, -0.2) is 0 Å². The summed E-state index contributed by atoms with van der Waals surface area (Å²) in [5.74, 6) is 1.50. The van der Waals surface area contributed by atoms with Crippen LogP contribution in [0.15, 0.2) is 36.4 Å². The van der Waals surface area contributed by atoms with E-state index in [9.17, 15) is 4.79 Å². The third-order valence-corrected chi connectivity index (χ3v) is 4.27. The molecule has 2 rings (SSSR count). The number of hydrogen-bond acceptors (Lipinski definition) is 3. The smallest absolute Gasteiger partial charge is 0.261 e. The molecule has 26 heavy (non-hydrogen) atoms. The van der Waals surface area contributed by atoms with E-state index in [1.54, 1.807) is 0 Å². The monoisotopic (exact) mass is 355 g/mol. The molecule has 140 valence electrons. The molecule has 0 aliphatic rings. The number of hydrogen-bond donors (Lipinski definition) is 1. The maximum absolute atomic E-state index is 12.4. The second kappa shape index (κ2) is 9.27. The van der Waals surface area contributed by atoms with Gasteiger partial charge in [-0.05, 0) is 62.9 Å². The number of carbonyl (C=O) groups excluding carboxylic acids is 1. The van der Waals surface area contributed by atoms with E-state index in [1.807, 2.05) is 58.0 Å². The highest BCUT2D eigenvalue weighted by molar-refractivity contribution is 5.81. The summed E-state index contributed by atoms with van der Waals surface area (Å²) < 4.78 is 11.7. The largest absolute Gasteiger partial charge is 0.491 e. The summed E-state index contributed by atoms with van der Waals surface area (Å²) in [7, 11) is 0. The summed E-state index contributed by atoms with van der Waals surface area (Å²) in [5.41, 5.74) is 4.45. The number of carbonyl (C=O) groups is 1. The van der Waals surface area contributed by atoms with Gasteiger partial charge in [0.05, 0.1) is 6.54 Å². The van der Waals surface area contributed by atoms with Crippen LogP contribution in [0.1, 0.15) is 35.6 Å². The summed E-state index contributed by atoms with van der Waals surface area (Å²) in [4.78, 5) is 12.4. The van der Waals surface area contributed by atoms with Crippen LogP contribution in [-0.4, -0.2) is 25.2 Å². The fourth-order valence-corrected chi connectivity index (χ4v) is 2.72. The minimum atomic E-state index is -0.503. The predicted molar refractivity (Wildman–Crippen MR) is 105 cm³/mol. The molecule has 0 aliphatic heterocycles. The molecule has 2 aromatic rings. The Hall–Kier alpha value is -2.49. The van der Waals surface area contributed by atoms with E-state index in [0.29, 0.717) is 19.6 Å². The highest BCUT2D eigenvalue weighted by Gasteiger charge is 2.18. The lowest BCUT2D eigenvalue weighted by Gasteiger charge is -2.19. The van der Waals surface area contributed by atoms with Crippen molar-refractivity contribution in [3.8, 4) is 11.5 Å². The molecule has 0 saturated heterocycles. The first-order valence-corrected chi connectivity index (χ1v) is 9.12. The van der Waals surface area contributed by atoms with Gasteiger partial charge < -0.3 is 14.8 Å². The van der Waals surface area contributed by atoms with Crippen molar-refractivity contribution >= 4 is 5.91 Å². The zero-order valence-electron chi connectivity index (χ0n) is 16.4. The van der Waals surface area contributed by atoms with E-state index in [0.717, 1.165) is 28.2 Å². The fourth-order valence-electron chi connectivity index (χ4n) is 2.72. The molecular weight excluding hydrogens is 326 g/mol. The van der Waals surface area contributed by atoms with Crippen molar-refractivity contribution in [2.45, 2.75) is 47.1 Å². The van der Waals surface area contributed by atoms with Crippen LogP contribution in [0.5, 0.6) is 11.5 Å². The van der Waals surface area contributed by atoms with E-state index in [2.05, 4.69) is 18.3 Å². The second-order valence-corrected chi connectivity index (χ2v) is 6.69. The van der Waals surface area contributed by atoms with E-state index >= 15 is 0 Å². The van der Waals surface area contributed by atoms with Gasteiger partial charge in [-0.3, -0.25) is 4.79 Å². The van der Waals surface area contributed by atoms with E-state index < -0.39 is 6.10 Å². The first kappa shape index (κ1) is 19.8. The highest BCUT2D eigenvalue weighted by Crippen LogP contribution is 2.21. The minimum absolute atomic E-state index is 0.113. The Bertz CT molecular complexity index is 755. The van der Waals surface area contributed by atoms with E-state index in [-0.39, 0.29) is 5.91 Å². The topological polar surface area (TPSA) is 47.6 Å². The number of ether oxygens (including phenoxy) is 2. The number of rotatable bonds is 8. The van der Waals surface area contributed by atoms with E-state index in [4.69, 9.17) is 9.47 Å². The predicted octanol–water partition coefficient (Wildman–Crippen LogP) is 4.27. The molecule has 0 saturated carbocycles. The number of benzene rings is 2. The molecule has 0 bridgehead atoms. The normalized spacial score (nSPS) is 11.7. The molecule has 0 unspecified atom stereocenters. The van der Waals surface area contributed by atoms with E-state index in [1.165, 1.54) is 5.56 Å². The van der Waals surface area contributed by atoms with Gasteiger partial charge in [0.25, 0.3) is 5.91 Å². The molecule has 0 heterocycles. The van der Waals surface area contributed by atoms with Crippen LogP contribution in [0.25, 0.3) is 0 Å². The van der Waals surface area contributed by atoms with Crippen LogP contribution < -0.4 is 14.8 Å². The Morgan fingerprint density at radius 1 is 0.962 bits per heavy atom. The lowest BCUT2D eigenvalue weighted by molar-refractivity contribution is -0.128. The number of nitrogens with one attached hydrogen (secondary N) is 1. The van der Waals surface area contributed by atoms with Crippen molar-refractivity contribution in [1.82, 2.24) is 5.32 Å². The Morgan fingerprint density at radius 2 is 1.65 bits per heavy atom. The lowest BCUT2D eigenvalue weighted by Crippen LogP contribution is -2.39. The number of aryl methyl sites for hydroxylation is 4. The van der Waals surface area contributed by atoms with Crippen LogP contribution in [0, 0.1) is 27.7 Å². The minimum Gasteiger partial charge on any atom is -0.491 e. The molecule has 1 amide bonds. The molecule has 4 heteroatoms. The maximum atomic E-state index is 12.4. The molecule has 0 aliphatic carbocycles. The molecule has 0 radical (unpaired) electrons. The summed E-state index contributed by atoms with van der Waals surface area (Å²) in [6.07, 6.45) is 0.105. The molecule has 0 aromatic heterocycles. The summed E-state index contributed by atoms with van der Waals surface area (Å²) >= 11 is 0. The van der Waals surface area contributed by atoms with Crippen molar-refractivity contribution in [3.63, 3.8) is 0 Å². The Labute approximate surface area is 156 Å². The Balaban J connectivity index is 1.84. The van der Waals surface area contributed by atoms with Gasteiger partial charge in [0.2, 0.25) is 0 Å². The molecular formula is C22H29NO3. The Morgan fingerprint density at radius 3 is 2.35 bits per heavy atom. The van der Waals surface area contributed by atoms with Crippen LogP contribution >= 0.6 is 0 Å². The molecule has 0 fully saturated rings. The van der Waals surface area contributed by atoms with Gasteiger partial charge in [0, 0.05) is 0 Å². The van der Waals surface area contributed by atoms with Gasteiger partial charge in [-0.15, -0.1) is 0 Å². The zero-order chi connectivity index (χ0) is 19.1. The van der Waals surface area contributed by atoms with Gasteiger partial charge >= 0.3 is 0 Å². The Kier molecular flexibility index (Phi) is 7.07. The molecule has 0 spiro atoms. The standard InChI is InChI=1S/C22H29NO3/c1-6-19(26-21-14-16(3)7-9-17(21)4)22(24)23-11-12-25-20-10-8-15(2)13-18(20)5/h7-10,13-14,19H,6,11-12H2,1-5H3,(H,23,24)/t19-/m0/s1. The fraction of sp³-hybridized carbons (Fsp3) is 0.409. The summed E-state index contributed by atoms with van der Waals surface area (Å²) in [6, 6.07) is 12.1. The highest BCUT2D eigenvalue weighted by atomic mass is 16.5. The third-order valence-electron chi connectivity index (χ3n) is 4.27. The first-order chi connectivity index (χ1) is 12.4. The molecule has 4 nitrogen and oxygen atoms in total. The molecule has 2 aromatic carbocycles. The van der Waals surface area contributed by atoms with Crippen molar-refractivity contribution in [1.29, 1.82) is 0 Å². The second-order valence-electron chi connectivity index (χ2n) is 6.69. The summed E-state index contributed by atoms with van der Waals surface area (Å²) in [6.45, 7) is 10.9. The van der Waals surface area contributed by atoms with Crippen molar-refractivity contribution < 1.29 is 14.3 Å². The van der Waals surface area contributed by atoms with Gasteiger partial charge in [-0.1, -0.05) is 36.8 Å². The SMILES string of the molecule is CC[C@H](Oc1cc(C)ccc1C)C(=O)NCCOc1ccc(C)cc1C. The number of amides is 1. The van der Waals surface area contributed by atoms with Crippen LogP contribution in [0.3, 0.4) is 0 Å². The average molecular weight is 355 g/mol. The quantitative estimate of drug-likeness (QED) is 0.719. The van der Waals surface area contributed by atoms with Crippen LogP contribution in [0.4, 0.5) is 0 Å². The lowest BCUT2D eigenvalue weighted by atomic mass is 10.1. The van der Waals surface area contributed by atoms with Crippen LogP contribution in [0.2, 0.25) is 0 Å². The van der Waals surface area contributed by atoms with Crippen LogP contribution in [-0.2, 0) is 4.79 Å². The summed E-state index contributed by atoms with van der Waals surface area (Å²) in [5, 5.41) is 2.90. The van der Waals surface area contributed by atoms with Crippen molar-refractivity contribution in [2.24, 2.45) is 0 Å². The van der Waals surface area contributed by atoms with Crippen molar-refractivity contribution in [3.05, 3.63) is 58.7 Å². The van der Waals surface area contributed by atoms with Gasteiger partial charge in [0.1, 0.15) is 18.1 Å². The first-order valence-electron chi connectivity index (χ1n) is 9.12. The average Bonchev–Trinajstić information content (AvgIpc) is 2.60. The van der Waals surface area contributed by atoms with Gasteiger partial charge in [-0.2, -0.15) is 0 Å².